The zero-order chi connectivity index (χ0) is 22.7. The van der Waals surface area contributed by atoms with Crippen LogP contribution in [0, 0.1) is 6.92 Å². The van der Waals surface area contributed by atoms with Crippen molar-refractivity contribution in [2.75, 3.05) is 52.4 Å². The first-order valence-electron chi connectivity index (χ1n) is 10.6. The van der Waals surface area contributed by atoms with E-state index in [-0.39, 0.29) is 5.91 Å². The molecule has 2 aromatic heterocycles. The third-order valence-electron chi connectivity index (χ3n) is 5.68. The largest absolute Gasteiger partial charge is 0.497 e. The normalized spacial score (nSPS) is 14.5. The molecule has 1 fully saturated rings. The summed E-state index contributed by atoms with van der Waals surface area (Å²) >= 11 is 1.40. The maximum absolute atomic E-state index is 13.5. The van der Waals surface area contributed by atoms with Gasteiger partial charge in [-0.25, -0.2) is 4.98 Å². The van der Waals surface area contributed by atoms with Crippen molar-refractivity contribution in [3.8, 4) is 11.6 Å². The molecule has 170 valence electrons. The number of methoxy groups -OCH3 is 3. The predicted molar refractivity (Wildman–Crippen MR) is 125 cm³/mol. The Morgan fingerprint density at radius 3 is 2.50 bits per heavy atom. The highest BCUT2D eigenvalue weighted by Crippen LogP contribution is 2.36. The van der Waals surface area contributed by atoms with Crippen LogP contribution >= 0.6 is 11.3 Å². The van der Waals surface area contributed by atoms with Gasteiger partial charge in [-0.15, -0.1) is 11.3 Å². The van der Waals surface area contributed by atoms with Gasteiger partial charge < -0.3 is 24.0 Å². The molecule has 0 bridgehead atoms. The van der Waals surface area contributed by atoms with Crippen molar-refractivity contribution in [1.82, 2.24) is 14.9 Å². The molecule has 1 saturated heterocycles. The predicted octanol–water partition coefficient (Wildman–Crippen LogP) is 3.52. The molecule has 0 N–H and O–H groups in total. The van der Waals surface area contributed by atoms with Gasteiger partial charge in [-0.05, 0) is 43.2 Å². The topological polar surface area (TPSA) is 77.0 Å². The van der Waals surface area contributed by atoms with E-state index in [0.29, 0.717) is 29.7 Å². The average Bonchev–Trinajstić information content (AvgIpc) is 2.99. The summed E-state index contributed by atoms with van der Waals surface area (Å²) in [5.41, 5.74) is 2.01. The monoisotopic (exact) mass is 456 g/mol. The second kappa shape index (κ2) is 9.70. The summed E-state index contributed by atoms with van der Waals surface area (Å²) in [6.07, 6.45) is 0.906. The van der Waals surface area contributed by atoms with Gasteiger partial charge in [-0.3, -0.25) is 4.79 Å². The molecule has 0 saturated carbocycles. The molecule has 0 spiro atoms. The highest BCUT2D eigenvalue weighted by molar-refractivity contribution is 7.20. The molecule has 9 heteroatoms. The molecule has 3 heterocycles. The average molecular weight is 457 g/mol. The van der Waals surface area contributed by atoms with Crippen LogP contribution in [0.4, 0.5) is 5.69 Å². The third kappa shape index (κ3) is 4.35. The first kappa shape index (κ1) is 22.3. The Bertz CT molecular complexity index is 1100. The fraction of sp³-hybridized carbons (Fsp3) is 0.435. The zero-order valence-electron chi connectivity index (χ0n) is 18.9. The Balaban J connectivity index is 1.55. The molecular formula is C23H28N4O4S. The lowest BCUT2D eigenvalue weighted by molar-refractivity contribution is 0.0771. The lowest BCUT2D eigenvalue weighted by Crippen LogP contribution is -2.35. The van der Waals surface area contributed by atoms with Gasteiger partial charge in [-0.1, -0.05) is 0 Å². The van der Waals surface area contributed by atoms with Gasteiger partial charge in [0.05, 0.1) is 24.5 Å². The van der Waals surface area contributed by atoms with Crippen LogP contribution in [0.15, 0.2) is 24.3 Å². The quantitative estimate of drug-likeness (QED) is 0.562. The maximum atomic E-state index is 13.5. The fourth-order valence-corrected chi connectivity index (χ4v) is 5.16. The Hall–Kier alpha value is -2.91. The van der Waals surface area contributed by atoms with E-state index in [9.17, 15) is 4.79 Å². The molecule has 3 aromatic rings. The van der Waals surface area contributed by atoms with Crippen LogP contribution in [0.1, 0.15) is 27.5 Å². The summed E-state index contributed by atoms with van der Waals surface area (Å²) < 4.78 is 15.9. The third-order valence-corrected chi connectivity index (χ3v) is 6.86. The van der Waals surface area contributed by atoms with Crippen LogP contribution in [0.2, 0.25) is 0 Å². The molecule has 1 aromatic carbocycles. The number of hydrogen-bond acceptors (Lipinski definition) is 8. The van der Waals surface area contributed by atoms with Gasteiger partial charge in [0.15, 0.2) is 5.82 Å². The highest BCUT2D eigenvalue weighted by atomic mass is 32.1. The highest BCUT2D eigenvalue weighted by Gasteiger charge is 2.26. The first-order chi connectivity index (χ1) is 15.5. The van der Waals surface area contributed by atoms with Gasteiger partial charge >= 0.3 is 0 Å². The van der Waals surface area contributed by atoms with Crippen molar-refractivity contribution >= 4 is 33.1 Å². The van der Waals surface area contributed by atoms with Crippen molar-refractivity contribution in [1.29, 1.82) is 0 Å². The van der Waals surface area contributed by atoms with Crippen LogP contribution in [-0.4, -0.2) is 68.3 Å². The molecule has 0 radical (unpaired) electrons. The number of ether oxygens (including phenoxy) is 3. The van der Waals surface area contributed by atoms with Gasteiger partial charge in [0, 0.05) is 39.0 Å². The number of thiophene rings is 1. The number of benzene rings is 1. The summed E-state index contributed by atoms with van der Waals surface area (Å²) in [6, 6.07) is 8.07. The van der Waals surface area contributed by atoms with Crippen LogP contribution in [0.5, 0.6) is 11.6 Å². The number of amides is 1. The van der Waals surface area contributed by atoms with E-state index < -0.39 is 0 Å². The maximum Gasteiger partial charge on any atom is 0.264 e. The lowest BCUT2D eigenvalue weighted by Gasteiger charge is -2.24. The molecule has 32 heavy (non-hydrogen) atoms. The number of anilines is 1. The number of carbonyl (C=O) groups is 1. The smallest absolute Gasteiger partial charge is 0.264 e. The van der Waals surface area contributed by atoms with E-state index in [1.807, 2.05) is 24.0 Å². The number of fused-ring (bicyclic) bond motifs is 1. The Morgan fingerprint density at radius 2 is 1.81 bits per heavy atom. The van der Waals surface area contributed by atoms with Gasteiger partial charge in [0.2, 0.25) is 5.88 Å². The molecule has 8 nitrogen and oxygen atoms in total. The number of hydrogen-bond donors (Lipinski definition) is 0. The second-order valence-corrected chi connectivity index (χ2v) is 8.65. The van der Waals surface area contributed by atoms with Crippen molar-refractivity contribution in [2.45, 2.75) is 20.0 Å². The van der Waals surface area contributed by atoms with Crippen LogP contribution in [-0.2, 0) is 11.3 Å². The minimum absolute atomic E-state index is 0.0393. The van der Waals surface area contributed by atoms with E-state index in [2.05, 4.69) is 27.0 Å². The Labute approximate surface area is 191 Å². The van der Waals surface area contributed by atoms with E-state index in [4.69, 9.17) is 14.2 Å². The van der Waals surface area contributed by atoms with Gasteiger partial charge in [0.1, 0.15) is 17.2 Å². The molecule has 0 aliphatic carbocycles. The van der Waals surface area contributed by atoms with Crippen molar-refractivity contribution in [2.24, 2.45) is 0 Å². The van der Waals surface area contributed by atoms with Gasteiger partial charge in [0.25, 0.3) is 5.91 Å². The molecule has 1 aliphatic heterocycles. The number of aryl methyl sites for hydroxylation is 1. The number of rotatable bonds is 6. The summed E-state index contributed by atoms with van der Waals surface area (Å²) in [5.74, 6) is 1.91. The number of aromatic nitrogens is 2. The molecule has 1 amide bonds. The van der Waals surface area contributed by atoms with E-state index in [0.717, 1.165) is 53.3 Å². The molecule has 0 unspecified atom stereocenters. The van der Waals surface area contributed by atoms with E-state index in [1.165, 1.54) is 11.3 Å². The Kier molecular flexibility index (Phi) is 6.76. The van der Waals surface area contributed by atoms with Crippen LogP contribution < -0.4 is 14.4 Å². The first-order valence-corrected chi connectivity index (χ1v) is 11.4. The summed E-state index contributed by atoms with van der Waals surface area (Å²) in [5, 5.41) is 0.801. The fourth-order valence-electron chi connectivity index (χ4n) is 4.00. The minimum atomic E-state index is 0.0393. The summed E-state index contributed by atoms with van der Waals surface area (Å²) in [4.78, 5) is 28.2. The molecular weight excluding hydrogens is 428 g/mol. The Morgan fingerprint density at radius 1 is 1.03 bits per heavy atom. The summed E-state index contributed by atoms with van der Waals surface area (Å²) in [6.45, 7) is 5.30. The molecule has 1 aliphatic rings. The van der Waals surface area contributed by atoms with Gasteiger partial charge in [-0.2, -0.15) is 4.98 Å². The standard InChI is InChI=1S/C23H28N4O4S/c1-15-19-21(31-4)24-18(14-29-2)25-22(19)32-20(15)23(28)27-11-5-10-26(12-13-27)16-6-8-17(30-3)9-7-16/h6-9H,5,10-14H2,1-4H3. The number of carbonyl (C=O) groups excluding carboxylic acids is 1. The van der Waals surface area contributed by atoms with Crippen LogP contribution in [0.25, 0.3) is 10.2 Å². The second-order valence-electron chi connectivity index (χ2n) is 7.65. The van der Waals surface area contributed by atoms with Crippen molar-refractivity contribution in [3.63, 3.8) is 0 Å². The number of nitrogens with zero attached hydrogens (tertiary/aromatic N) is 4. The SMILES string of the molecule is COCc1nc(OC)c2c(C)c(C(=O)N3CCCN(c4ccc(OC)cc4)CC3)sc2n1. The molecule has 4 rings (SSSR count). The van der Waals surface area contributed by atoms with Crippen LogP contribution in [0.3, 0.4) is 0 Å². The lowest BCUT2D eigenvalue weighted by atomic mass is 10.2. The van der Waals surface area contributed by atoms with E-state index in [1.54, 1.807) is 21.3 Å². The summed E-state index contributed by atoms with van der Waals surface area (Å²) in [7, 11) is 4.85. The zero-order valence-corrected chi connectivity index (χ0v) is 19.7. The van der Waals surface area contributed by atoms with Crippen molar-refractivity contribution < 1.29 is 19.0 Å². The van der Waals surface area contributed by atoms with E-state index >= 15 is 0 Å². The van der Waals surface area contributed by atoms with Crippen molar-refractivity contribution in [3.05, 3.63) is 40.5 Å². The minimum Gasteiger partial charge on any atom is -0.497 e. The molecule has 0 atom stereocenters.